The standard InChI is InChI=1S/C23H29N5O5S/c29-19(26-17(11-20(30)31)16-9-5-2-6-10-16)13-24-21(32)18-14-34-23(27-18)28-22(33)25-12-15-7-3-1-4-8-15/h1,3-4,7-8,14,16-17H,2,5-6,9-13H2,(H,24,32)(H,26,29)(H,30,31)(H2,25,27,28,33). The topological polar surface area (TPSA) is 150 Å². The fraction of sp³-hybridized carbons (Fsp3) is 0.435. The summed E-state index contributed by atoms with van der Waals surface area (Å²) in [7, 11) is 0. The lowest BCUT2D eigenvalue weighted by Gasteiger charge is -2.30. The van der Waals surface area contributed by atoms with Crippen LogP contribution in [0.5, 0.6) is 0 Å². The van der Waals surface area contributed by atoms with Crippen LogP contribution in [0.25, 0.3) is 0 Å². The molecule has 1 unspecified atom stereocenters. The molecular formula is C23H29N5O5S. The Hall–Kier alpha value is -3.47. The summed E-state index contributed by atoms with van der Waals surface area (Å²) in [5.74, 6) is -1.84. The van der Waals surface area contributed by atoms with Gasteiger partial charge >= 0.3 is 12.0 Å². The first-order valence-corrected chi connectivity index (χ1v) is 12.1. The molecule has 2 aromatic rings. The van der Waals surface area contributed by atoms with E-state index < -0.39 is 29.9 Å². The number of aliphatic carboxylic acids is 1. The molecule has 34 heavy (non-hydrogen) atoms. The molecule has 5 N–H and O–H groups in total. The third kappa shape index (κ3) is 8.14. The van der Waals surface area contributed by atoms with Crippen molar-refractivity contribution in [2.45, 2.75) is 51.1 Å². The number of aromatic nitrogens is 1. The molecule has 0 spiro atoms. The average Bonchev–Trinajstić information content (AvgIpc) is 3.30. The summed E-state index contributed by atoms with van der Waals surface area (Å²) in [4.78, 5) is 52.0. The predicted molar refractivity (Wildman–Crippen MR) is 128 cm³/mol. The van der Waals surface area contributed by atoms with Crippen LogP contribution in [0.1, 0.15) is 54.6 Å². The molecule has 1 aromatic heterocycles. The minimum Gasteiger partial charge on any atom is -0.481 e. The van der Waals surface area contributed by atoms with E-state index >= 15 is 0 Å². The van der Waals surface area contributed by atoms with Crippen LogP contribution in [-0.4, -0.2) is 46.5 Å². The zero-order valence-electron chi connectivity index (χ0n) is 18.7. The summed E-state index contributed by atoms with van der Waals surface area (Å²) >= 11 is 1.09. The van der Waals surface area contributed by atoms with E-state index in [1.807, 2.05) is 30.3 Å². The van der Waals surface area contributed by atoms with Gasteiger partial charge in [0.1, 0.15) is 5.69 Å². The molecule has 11 heteroatoms. The number of rotatable bonds is 10. The monoisotopic (exact) mass is 487 g/mol. The van der Waals surface area contributed by atoms with Crippen molar-refractivity contribution in [1.82, 2.24) is 20.9 Å². The summed E-state index contributed by atoms with van der Waals surface area (Å²) in [6.07, 6.45) is 4.81. The van der Waals surface area contributed by atoms with Gasteiger partial charge in [0.25, 0.3) is 5.91 Å². The SMILES string of the molecule is O=C(O)CC(NC(=O)CNC(=O)c1csc(NC(=O)NCc2ccccc2)n1)C1CCCCC1. The lowest BCUT2D eigenvalue weighted by molar-refractivity contribution is -0.138. The Bertz CT molecular complexity index is 991. The molecule has 10 nitrogen and oxygen atoms in total. The Morgan fingerprint density at radius 3 is 2.50 bits per heavy atom. The molecule has 1 heterocycles. The van der Waals surface area contributed by atoms with Crippen molar-refractivity contribution in [2.75, 3.05) is 11.9 Å². The Morgan fingerprint density at radius 1 is 1.06 bits per heavy atom. The van der Waals surface area contributed by atoms with E-state index in [1.165, 1.54) is 5.38 Å². The van der Waals surface area contributed by atoms with Gasteiger partial charge in [0.2, 0.25) is 5.91 Å². The van der Waals surface area contributed by atoms with E-state index in [0.29, 0.717) is 6.54 Å². The van der Waals surface area contributed by atoms with Crippen molar-refractivity contribution in [3.63, 3.8) is 0 Å². The zero-order chi connectivity index (χ0) is 24.3. The van der Waals surface area contributed by atoms with Gasteiger partial charge in [0.05, 0.1) is 13.0 Å². The van der Waals surface area contributed by atoms with Crippen molar-refractivity contribution in [3.05, 3.63) is 47.0 Å². The minimum absolute atomic E-state index is 0.0746. The largest absolute Gasteiger partial charge is 0.481 e. The lowest BCUT2D eigenvalue weighted by atomic mass is 9.82. The van der Waals surface area contributed by atoms with Gasteiger partial charge in [0, 0.05) is 18.0 Å². The van der Waals surface area contributed by atoms with Gasteiger partial charge in [-0.1, -0.05) is 49.6 Å². The predicted octanol–water partition coefficient (Wildman–Crippen LogP) is 2.73. The van der Waals surface area contributed by atoms with E-state index in [0.717, 1.165) is 49.0 Å². The smallest absolute Gasteiger partial charge is 0.321 e. The summed E-state index contributed by atoms with van der Waals surface area (Å²) in [5, 5.41) is 21.5. The number of benzene rings is 1. The molecule has 0 aliphatic heterocycles. The maximum absolute atomic E-state index is 12.4. The van der Waals surface area contributed by atoms with E-state index in [2.05, 4.69) is 26.3 Å². The first-order chi connectivity index (χ1) is 16.4. The lowest BCUT2D eigenvalue weighted by Crippen LogP contribution is -2.46. The van der Waals surface area contributed by atoms with Crippen molar-refractivity contribution in [2.24, 2.45) is 5.92 Å². The van der Waals surface area contributed by atoms with Crippen LogP contribution in [0.4, 0.5) is 9.93 Å². The van der Waals surface area contributed by atoms with E-state index in [-0.39, 0.29) is 29.7 Å². The molecule has 1 aliphatic rings. The van der Waals surface area contributed by atoms with E-state index in [4.69, 9.17) is 0 Å². The van der Waals surface area contributed by atoms with E-state index in [1.54, 1.807) is 0 Å². The van der Waals surface area contributed by atoms with Crippen LogP contribution in [0.2, 0.25) is 0 Å². The minimum atomic E-state index is -0.963. The van der Waals surface area contributed by atoms with Gasteiger partial charge in [-0.05, 0) is 24.3 Å². The third-order valence-corrected chi connectivity index (χ3v) is 6.38. The number of urea groups is 1. The molecule has 182 valence electrons. The van der Waals surface area contributed by atoms with Gasteiger partial charge in [-0.2, -0.15) is 0 Å². The van der Waals surface area contributed by atoms with Crippen molar-refractivity contribution >= 4 is 40.3 Å². The van der Waals surface area contributed by atoms with Crippen LogP contribution in [0.15, 0.2) is 35.7 Å². The maximum Gasteiger partial charge on any atom is 0.321 e. The van der Waals surface area contributed by atoms with Crippen molar-refractivity contribution in [3.8, 4) is 0 Å². The fourth-order valence-electron chi connectivity index (χ4n) is 3.92. The number of nitrogens with one attached hydrogen (secondary N) is 4. The highest BCUT2D eigenvalue weighted by Crippen LogP contribution is 2.27. The Balaban J connectivity index is 1.43. The highest BCUT2D eigenvalue weighted by molar-refractivity contribution is 7.14. The molecule has 0 saturated heterocycles. The van der Waals surface area contributed by atoms with Crippen molar-refractivity contribution < 1.29 is 24.3 Å². The van der Waals surface area contributed by atoms with Crippen LogP contribution >= 0.6 is 11.3 Å². The number of amides is 4. The molecule has 4 amide bonds. The van der Waals surface area contributed by atoms with Gasteiger partial charge < -0.3 is 21.1 Å². The summed E-state index contributed by atoms with van der Waals surface area (Å²) < 4.78 is 0. The second-order valence-corrected chi connectivity index (χ2v) is 9.04. The molecule has 1 atom stereocenters. The molecule has 0 bridgehead atoms. The Kier molecular flexibility index (Phi) is 9.39. The second kappa shape index (κ2) is 12.7. The normalized spacial score (nSPS) is 14.6. The molecule has 1 aliphatic carbocycles. The second-order valence-electron chi connectivity index (χ2n) is 8.18. The van der Waals surface area contributed by atoms with Crippen LogP contribution < -0.4 is 21.3 Å². The highest BCUT2D eigenvalue weighted by atomic mass is 32.1. The first kappa shape index (κ1) is 25.2. The quantitative estimate of drug-likeness (QED) is 0.348. The third-order valence-electron chi connectivity index (χ3n) is 5.62. The number of carbonyl (C=O) groups excluding carboxylic acids is 3. The van der Waals surface area contributed by atoms with Gasteiger partial charge in [0.15, 0.2) is 5.13 Å². The summed E-state index contributed by atoms with van der Waals surface area (Å²) in [6.45, 7) is 0.0593. The number of hydrogen-bond donors (Lipinski definition) is 5. The number of nitrogens with zero attached hydrogens (tertiary/aromatic N) is 1. The molecular weight excluding hydrogens is 458 g/mol. The Morgan fingerprint density at radius 2 is 1.79 bits per heavy atom. The first-order valence-electron chi connectivity index (χ1n) is 11.2. The zero-order valence-corrected chi connectivity index (χ0v) is 19.5. The van der Waals surface area contributed by atoms with Crippen LogP contribution in [0, 0.1) is 5.92 Å². The number of carboxylic acids is 1. The maximum atomic E-state index is 12.4. The fourth-order valence-corrected chi connectivity index (χ4v) is 4.61. The number of anilines is 1. The molecule has 1 fully saturated rings. The van der Waals surface area contributed by atoms with Crippen LogP contribution in [0.3, 0.4) is 0 Å². The molecule has 1 saturated carbocycles. The summed E-state index contributed by atoms with van der Waals surface area (Å²) in [6, 6.07) is 8.53. The number of thiazole rings is 1. The highest BCUT2D eigenvalue weighted by Gasteiger charge is 2.27. The average molecular weight is 488 g/mol. The summed E-state index contributed by atoms with van der Waals surface area (Å²) in [5.41, 5.74) is 1.02. The number of carboxylic acid groups (broad SMARTS) is 1. The number of hydrogen-bond acceptors (Lipinski definition) is 6. The van der Waals surface area contributed by atoms with Crippen LogP contribution in [-0.2, 0) is 16.1 Å². The van der Waals surface area contributed by atoms with Gasteiger partial charge in [-0.3, -0.25) is 19.7 Å². The Labute approximate surface area is 201 Å². The molecule has 0 radical (unpaired) electrons. The van der Waals surface area contributed by atoms with Crippen molar-refractivity contribution in [1.29, 1.82) is 0 Å². The molecule has 1 aromatic carbocycles. The number of carbonyl (C=O) groups is 4. The molecule has 3 rings (SSSR count). The van der Waals surface area contributed by atoms with Gasteiger partial charge in [-0.25, -0.2) is 9.78 Å². The van der Waals surface area contributed by atoms with E-state index in [9.17, 15) is 24.3 Å². The van der Waals surface area contributed by atoms with Gasteiger partial charge in [-0.15, -0.1) is 11.3 Å².